The fraction of sp³-hybridized carbons (Fsp3) is 0.889. The zero-order valence-electron chi connectivity index (χ0n) is 8.05. The number of hydrogen-bond donors (Lipinski definition) is 0. The Balaban J connectivity index is 3.52. The van der Waals surface area contributed by atoms with Crippen LogP contribution in [0.1, 0.15) is 26.7 Å². The summed E-state index contributed by atoms with van der Waals surface area (Å²) in [6, 6.07) is 0. The number of hydrogen-bond acceptors (Lipinski definition) is 2. The van der Waals surface area contributed by atoms with Gasteiger partial charge in [0.05, 0.1) is 6.54 Å². The molecule has 0 aromatic rings. The highest BCUT2D eigenvalue weighted by Gasteiger charge is 2.07. The molecule has 1 unspecified atom stereocenters. The molecule has 0 spiro atoms. The minimum atomic E-state index is 0.351. The van der Waals surface area contributed by atoms with Gasteiger partial charge in [0.25, 0.3) is 0 Å². The van der Waals surface area contributed by atoms with Crippen LogP contribution in [-0.4, -0.2) is 31.3 Å². The molecular weight excluding hydrogens is 138 g/mol. The topological polar surface area (TPSA) is 20.3 Å². The first-order valence-corrected chi connectivity index (χ1v) is 4.22. The van der Waals surface area contributed by atoms with E-state index in [1.165, 1.54) is 0 Å². The average Bonchev–Trinajstić information content (AvgIpc) is 1.85. The smallest absolute Gasteiger partial charge is 0.147 e. The molecule has 0 bridgehead atoms. The summed E-state index contributed by atoms with van der Waals surface area (Å²) in [6.07, 6.45) is 1.83. The van der Waals surface area contributed by atoms with Crippen LogP contribution in [0.15, 0.2) is 0 Å². The van der Waals surface area contributed by atoms with E-state index in [4.69, 9.17) is 0 Å². The SMILES string of the molecule is CCC(C)CC(=O)CN(C)C. The Morgan fingerprint density at radius 3 is 2.36 bits per heavy atom. The zero-order chi connectivity index (χ0) is 8.85. The summed E-state index contributed by atoms with van der Waals surface area (Å²) in [5.74, 6) is 0.895. The standard InChI is InChI=1S/C9H19NO/c1-5-8(2)6-9(11)7-10(3)4/h8H,5-7H2,1-4H3. The summed E-state index contributed by atoms with van der Waals surface area (Å²) in [5.41, 5.74) is 0. The van der Waals surface area contributed by atoms with Crippen LogP contribution in [0.4, 0.5) is 0 Å². The minimum Gasteiger partial charge on any atom is -0.302 e. The van der Waals surface area contributed by atoms with Gasteiger partial charge in [-0.05, 0) is 20.0 Å². The molecule has 0 aliphatic carbocycles. The van der Waals surface area contributed by atoms with Crippen molar-refractivity contribution in [2.45, 2.75) is 26.7 Å². The third-order valence-electron chi connectivity index (χ3n) is 1.77. The molecule has 0 N–H and O–H groups in total. The highest BCUT2D eigenvalue weighted by Crippen LogP contribution is 2.06. The Hall–Kier alpha value is -0.370. The van der Waals surface area contributed by atoms with E-state index in [9.17, 15) is 4.79 Å². The van der Waals surface area contributed by atoms with Crippen LogP contribution in [0, 0.1) is 5.92 Å². The van der Waals surface area contributed by atoms with Crippen LogP contribution in [0.2, 0.25) is 0 Å². The first-order chi connectivity index (χ1) is 5.06. The lowest BCUT2D eigenvalue weighted by Crippen LogP contribution is -2.22. The van der Waals surface area contributed by atoms with Crippen molar-refractivity contribution in [3.05, 3.63) is 0 Å². The van der Waals surface area contributed by atoms with E-state index in [1.807, 2.05) is 19.0 Å². The predicted molar refractivity (Wildman–Crippen MR) is 47.6 cm³/mol. The Bertz CT molecular complexity index is 121. The molecule has 0 aromatic carbocycles. The zero-order valence-corrected chi connectivity index (χ0v) is 8.05. The van der Waals surface area contributed by atoms with Gasteiger partial charge in [0.15, 0.2) is 0 Å². The fourth-order valence-electron chi connectivity index (χ4n) is 0.950. The lowest BCUT2D eigenvalue weighted by atomic mass is 10.0. The Kier molecular flexibility index (Phi) is 5.12. The summed E-state index contributed by atoms with van der Waals surface area (Å²) < 4.78 is 0. The average molecular weight is 157 g/mol. The summed E-state index contributed by atoms with van der Waals surface area (Å²) in [5, 5.41) is 0. The van der Waals surface area contributed by atoms with Crippen molar-refractivity contribution in [3.8, 4) is 0 Å². The van der Waals surface area contributed by atoms with Gasteiger partial charge in [0.1, 0.15) is 5.78 Å². The maximum atomic E-state index is 11.2. The van der Waals surface area contributed by atoms with E-state index in [1.54, 1.807) is 0 Å². The third kappa shape index (κ3) is 6.05. The Morgan fingerprint density at radius 1 is 1.45 bits per heavy atom. The summed E-state index contributed by atoms with van der Waals surface area (Å²) >= 11 is 0. The van der Waals surface area contributed by atoms with Crippen LogP contribution in [0.5, 0.6) is 0 Å². The van der Waals surface area contributed by atoms with Crippen LogP contribution in [0.3, 0.4) is 0 Å². The number of carbonyl (C=O) groups excluding carboxylic acids is 1. The third-order valence-corrected chi connectivity index (χ3v) is 1.77. The fourth-order valence-corrected chi connectivity index (χ4v) is 0.950. The van der Waals surface area contributed by atoms with E-state index in [0.717, 1.165) is 12.8 Å². The molecule has 2 nitrogen and oxygen atoms in total. The van der Waals surface area contributed by atoms with Crippen molar-refractivity contribution in [3.63, 3.8) is 0 Å². The van der Waals surface area contributed by atoms with Gasteiger partial charge in [0, 0.05) is 6.42 Å². The van der Waals surface area contributed by atoms with Gasteiger partial charge in [0.2, 0.25) is 0 Å². The van der Waals surface area contributed by atoms with Gasteiger partial charge < -0.3 is 4.90 Å². The predicted octanol–water partition coefficient (Wildman–Crippen LogP) is 1.55. The molecular formula is C9H19NO. The molecule has 2 heteroatoms. The monoisotopic (exact) mass is 157 g/mol. The van der Waals surface area contributed by atoms with Crippen molar-refractivity contribution < 1.29 is 4.79 Å². The molecule has 0 fully saturated rings. The molecule has 1 atom stereocenters. The van der Waals surface area contributed by atoms with Crippen molar-refractivity contribution >= 4 is 5.78 Å². The first-order valence-electron chi connectivity index (χ1n) is 4.22. The van der Waals surface area contributed by atoms with Crippen LogP contribution < -0.4 is 0 Å². The van der Waals surface area contributed by atoms with Crippen molar-refractivity contribution in [2.75, 3.05) is 20.6 Å². The second kappa shape index (κ2) is 5.30. The van der Waals surface area contributed by atoms with E-state index >= 15 is 0 Å². The lowest BCUT2D eigenvalue weighted by molar-refractivity contribution is -0.120. The molecule has 0 radical (unpaired) electrons. The number of carbonyl (C=O) groups is 1. The number of Topliss-reactive ketones (excluding diaryl/α,β-unsaturated/α-hetero) is 1. The molecule has 0 rings (SSSR count). The van der Waals surface area contributed by atoms with Gasteiger partial charge in [-0.2, -0.15) is 0 Å². The molecule has 0 amide bonds. The highest BCUT2D eigenvalue weighted by molar-refractivity contribution is 5.80. The second-order valence-electron chi connectivity index (χ2n) is 3.49. The number of rotatable bonds is 5. The number of likely N-dealkylation sites (N-methyl/N-ethyl adjacent to an activating group) is 1. The summed E-state index contributed by atoms with van der Waals surface area (Å²) in [4.78, 5) is 13.1. The van der Waals surface area contributed by atoms with Gasteiger partial charge in [-0.15, -0.1) is 0 Å². The summed E-state index contributed by atoms with van der Waals surface area (Å²) in [7, 11) is 3.85. The van der Waals surface area contributed by atoms with Crippen molar-refractivity contribution in [2.24, 2.45) is 5.92 Å². The molecule has 0 saturated heterocycles. The van der Waals surface area contributed by atoms with E-state index in [0.29, 0.717) is 18.2 Å². The molecule has 11 heavy (non-hydrogen) atoms. The van der Waals surface area contributed by atoms with E-state index in [2.05, 4.69) is 13.8 Å². The van der Waals surface area contributed by atoms with Crippen LogP contribution >= 0.6 is 0 Å². The first kappa shape index (κ1) is 10.6. The van der Waals surface area contributed by atoms with Crippen molar-refractivity contribution in [1.82, 2.24) is 4.90 Å². The molecule has 0 aromatic heterocycles. The van der Waals surface area contributed by atoms with Gasteiger partial charge in [-0.25, -0.2) is 0 Å². The molecule has 0 aliphatic rings. The molecule has 0 aliphatic heterocycles. The van der Waals surface area contributed by atoms with Crippen LogP contribution in [-0.2, 0) is 4.79 Å². The van der Waals surface area contributed by atoms with E-state index in [-0.39, 0.29) is 0 Å². The maximum absolute atomic E-state index is 11.2. The quantitative estimate of drug-likeness (QED) is 0.603. The molecule has 66 valence electrons. The Labute approximate surface area is 69.6 Å². The van der Waals surface area contributed by atoms with Gasteiger partial charge >= 0.3 is 0 Å². The van der Waals surface area contributed by atoms with E-state index < -0.39 is 0 Å². The summed E-state index contributed by atoms with van der Waals surface area (Å²) in [6.45, 7) is 4.82. The largest absolute Gasteiger partial charge is 0.302 e. The number of ketones is 1. The van der Waals surface area contributed by atoms with Gasteiger partial charge in [-0.3, -0.25) is 4.79 Å². The number of nitrogens with zero attached hydrogens (tertiary/aromatic N) is 1. The second-order valence-corrected chi connectivity index (χ2v) is 3.49. The normalized spacial score (nSPS) is 13.5. The highest BCUT2D eigenvalue weighted by atomic mass is 16.1. The Morgan fingerprint density at radius 2 is 2.00 bits per heavy atom. The van der Waals surface area contributed by atoms with Gasteiger partial charge in [-0.1, -0.05) is 20.3 Å². The van der Waals surface area contributed by atoms with Crippen molar-refractivity contribution in [1.29, 1.82) is 0 Å². The van der Waals surface area contributed by atoms with Crippen LogP contribution in [0.25, 0.3) is 0 Å². The maximum Gasteiger partial charge on any atom is 0.147 e. The lowest BCUT2D eigenvalue weighted by Gasteiger charge is -2.10. The minimum absolute atomic E-state index is 0.351. The molecule has 0 saturated carbocycles. The molecule has 0 heterocycles.